The first-order valence-electron chi connectivity index (χ1n) is 9.02. The highest BCUT2D eigenvalue weighted by molar-refractivity contribution is 7.99. The Balaban J connectivity index is 2.36. The van der Waals surface area contributed by atoms with Crippen molar-refractivity contribution in [1.82, 2.24) is 20.2 Å². The molecule has 0 fully saturated rings. The van der Waals surface area contributed by atoms with Gasteiger partial charge in [0.25, 0.3) is 0 Å². The topological polar surface area (TPSA) is 71.3 Å². The summed E-state index contributed by atoms with van der Waals surface area (Å²) in [6, 6.07) is 0.829. The Morgan fingerprint density at radius 3 is 2.21 bits per heavy atom. The summed E-state index contributed by atoms with van der Waals surface area (Å²) >= 11 is 1.67. The van der Waals surface area contributed by atoms with Gasteiger partial charge in [-0.2, -0.15) is 4.80 Å². The van der Waals surface area contributed by atoms with Gasteiger partial charge < -0.3 is 13.3 Å². The van der Waals surface area contributed by atoms with Crippen LogP contribution in [-0.4, -0.2) is 54.6 Å². The van der Waals surface area contributed by atoms with E-state index in [2.05, 4.69) is 22.3 Å². The van der Waals surface area contributed by atoms with E-state index in [1.807, 2.05) is 20.8 Å². The molecule has 140 valence electrons. The Kier molecular flexibility index (Phi) is 11.5. The molecule has 24 heavy (non-hydrogen) atoms. The molecule has 0 saturated heterocycles. The Bertz CT molecular complexity index is 420. The van der Waals surface area contributed by atoms with Crippen LogP contribution in [0.25, 0.3) is 0 Å². The third-order valence-corrected chi connectivity index (χ3v) is 7.41. The number of rotatable bonds is 15. The summed E-state index contributed by atoms with van der Waals surface area (Å²) in [5.41, 5.74) is 0. The predicted molar refractivity (Wildman–Crippen MR) is 98.1 cm³/mol. The van der Waals surface area contributed by atoms with Gasteiger partial charge in [-0.3, -0.25) is 0 Å². The molecule has 9 heteroatoms. The number of aryl methyl sites for hydroxylation is 1. The molecule has 1 heterocycles. The molecule has 0 bridgehead atoms. The lowest BCUT2D eigenvalue weighted by atomic mass is 10.3. The standard InChI is InChI=1S/C15H32N4O3SSi/c1-5-9-13-23-15-16-18-19(17-15)12-10-11-14-24(20-6-2,21-7-3)22-8-4/h5-14H2,1-4H3. The largest absolute Gasteiger partial charge is 0.500 e. The molecule has 1 aromatic rings. The quantitative estimate of drug-likeness (QED) is 0.264. The fourth-order valence-corrected chi connectivity index (χ4v) is 5.83. The normalized spacial score (nSPS) is 12.0. The van der Waals surface area contributed by atoms with E-state index in [4.69, 9.17) is 13.3 Å². The van der Waals surface area contributed by atoms with Crippen molar-refractivity contribution in [2.45, 2.75) is 71.1 Å². The van der Waals surface area contributed by atoms with E-state index < -0.39 is 8.80 Å². The number of thioether (sulfide) groups is 1. The number of hydrogen-bond acceptors (Lipinski definition) is 7. The highest BCUT2D eigenvalue weighted by Crippen LogP contribution is 2.19. The van der Waals surface area contributed by atoms with Crippen LogP contribution >= 0.6 is 11.8 Å². The minimum absolute atomic E-state index is 0.620. The average Bonchev–Trinajstić information content (AvgIpc) is 3.00. The monoisotopic (exact) mass is 376 g/mol. The molecule has 1 rings (SSSR count). The summed E-state index contributed by atoms with van der Waals surface area (Å²) < 4.78 is 17.6. The Labute approximate surface area is 151 Å². The summed E-state index contributed by atoms with van der Waals surface area (Å²) in [7, 11) is -2.52. The van der Waals surface area contributed by atoms with E-state index >= 15 is 0 Å². The molecule has 0 amide bonds. The van der Waals surface area contributed by atoms with Crippen LogP contribution in [0.4, 0.5) is 0 Å². The summed E-state index contributed by atoms with van der Waals surface area (Å²) in [4.78, 5) is 1.68. The molecular formula is C15H32N4O3SSi. The molecular weight excluding hydrogens is 344 g/mol. The highest BCUT2D eigenvalue weighted by Gasteiger charge is 2.39. The van der Waals surface area contributed by atoms with Crippen molar-refractivity contribution in [2.75, 3.05) is 25.6 Å². The smallest absolute Gasteiger partial charge is 0.374 e. The predicted octanol–water partition coefficient (Wildman–Crippen LogP) is 3.39. The second-order valence-electron chi connectivity index (χ2n) is 5.31. The molecule has 0 spiro atoms. The van der Waals surface area contributed by atoms with E-state index in [0.29, 0.717) is 19.8 Å². The number of nitrogens with zero attached hydrogens (tertiary/aromatic N) is 4. The van der Waals surface area contributed by atoms with Gasteiger partial charge in [0.05, 0.1) is 6.54 Å². The first kappa shape index (κ1) is 21.6. The van der Waals surface area contributed by atoms with E-state index in [0.717, 1.165) is 36.3 Å². The van der Waals surface area contributed by atoms with Crippen LogP contribution in [0.2, 0.25) is 6.04 Å². The lowest BCUT2D eigenvalue weighted by molar-refractivity contribution is 0.0705. The van der Waals surface area contributed by atoms with Crippen LogP contribution in [-0.2, 0) is 19.8 Å². The highest BCUT2D eigenvalue weighted by atomic mass is 32.2. The van der Waals surface area contributed by atoms with Crippen LogP contribution in [0.3, 0.4) is 0 Å². The van der Waals surface area contributed by atoms with Gasteiger partial charge in [0.1, 0.15) is 0 Å². The Morgan fingerprint density at radius 1 is 0.958 bits per heavy atom. The molecule has 0 aliphatic carbocycles. The fraction of sp³-hybridized carbons (Fsp3) is 0.933. The molecule has 0 atom stereocenters. The fourth-order valence-electron chi connectivity index (χ4n) is 2.28. The number of tetrazole rings is 1. The van der Waals surface area contributed by atoms with Gasteiger partial charge in [-0.1, -0.05) is 25.1 Å². The van der Waals surface area contributed by atoms with E-state index in [-0.39, 0.29) is 0 Å². The minimum atomic E-state index is -2.52. The van der Waals surface area contributed by atoms with Crippen molar-refractivity contribution >= 4 is 20.6 Å². The van der Waals surface area contributed by atoms with Gasteiger partial charge in [-0.05, 0) is 45.2 Å². The molecule has 0 aliphatic rings. The molecule has 0 radical (unpaired) electrons. The summed E-state index contributed by atoms with van der Waals surface area (Å²) in [5.74, 6) is 1.05. The average molecular weight is 377 g/mol. The molecule has 0 N–H and O–H groups in total. The first-order chi connectivity index (χ1) is 11.7. The van der Waals surface area contributed by atoms with Gasteiger partial charge in [-0.25, -0.2) is 0 Å². The molecule has 0 aliphatic heterocycles. The van der Waals surface area contributed by atoms with Gasteiger partial charge in [0.2, 0.25) is 5.16 Å². The SMILES string of the molecule is CCCCSc1nnn(CCCC[Si](OCC)(OCC)OCC)n1. The number of hydrogen-bond donors (Lipinski definition) is 0. The Morgan fingerprint density at radius 2 is 1.62 bits per heavy atom. The van der Waals surface area contributed by atoms with Crippen molar-refractivity contribution < 1.29 is 13.3 Å². The summed E-state index contributed by atoms with van der Waals surface area (Å²) in [6.07, 6.45) is 4.29. The lowest BCUT2D eigenvalue weighted by Crippen LogP contribution is -2.45. The maximum Gasteiger partial charge on any atom is 0.500 e. The van der Waals surface area contributed by atoms with Gasteiger partial charge in [0, 0.05) is 31.6 Å². The van der Waals surface area contributed by atoms with Crippen LogP contribution in [0.15, 0.2) is 5.16 Å². The van der Waals surface area contributed by atoms with Crippen LogP contribution in [0.1, 0.15) is 53.4 Å². The molecule has 7 nitrogen and oxygen atoms in total. The van der Waals surface area contributed by atoms with Crippen molar-refractivity contribution in [1.29, 1.82) is 0 Å². The van der Waals surface area contributed by atoms with Gasteiger partial charge >= 0.3 is 8.80 Å². The lowest BCUT2D eigenvalue weighted by Gasteiger charge is -2.28. The minimum Gasteiger partial charge on any atom is -0.374 e. The summed E-state index contributed by atoms with van der Waals surface area (Å²) in [6.45, 7) is 10.8. The van der Waals surface area contributed by atoms with Gasteiger partial charge in [0.15, 0.2) is 0 Å². The second-order valence-corrected chi connectivity index (χ2v) is 9.10. The van der Waals surface area contributed by atoms with E-state index in [1.165, 1.54) is 12.8 Å². The summed E-state index contributed by atoms with van der Waals surface area (Å²) in [5, 5.41) is 13.4. The van der Waals surface area contributed by atoms with Crippen molar-refractivity contribution in [2.24, 2.45) is 0 Å². The van der Waals surface area contributed by atoms with Crippen molar-refractivity contribution in [3.8, 4) is 0 Å². The molecule has 0 saturated carbocycles. The molecule has 1 aromatic heterocycles. The zero-order valence-electron chi connectivity index (χ0n) is 15.5. The third kappa shape index (κ3) is 8.06. The van der Waals surface area contributed by atoms with E-state index in [9.17, 15) is 0 Å². The molecule has 0 unspecified atom stereocenters. The van der Waals surface area contributed by atoms with Crippen LogP contribution in [0.5, 0.6) is 0 Å². The van der Waals surface area contributed by atoms with Gasteiger partial charge in [-0.15, -0.1) is 10.2 Å². The number of aromatic nitrogens is 4. The van der Waals surface area contributed by atoms with E-state index in [1.54, 1.807) is 16.6 Å². The second kappa shape index (κ2) is 12.8. The Hall–Kier alpha value is -0.483. The zero-order chi connectivity index (χ0) is 17.7. The van der Waals surface area contributed by atoms with Crippen molar-refractivity contribution in [3.63, 3.8) is 0 Å². The van der Waals surface area contributed by atoms with Crippen LogP contribution < -0.4 is 0 Å². The van der Waals surface area contributed by atoms with Crippen LogP contribution in [0, 0.1) is 0 Å². The maximum absolute atomic E-state index is 5.86. The van der Waals surface area contributed by atoms with Crippen molar-refractivity contribution in [3.05, 3.63) is 0 Å². The molecule has 0 aromatic carbocycles. The third-order valence-electron chi connectivity index (χ3n) is 3.35. The number of unbranched alkanes of at least 4 members (excludes halogenated alkanes) is 2. The zero-order valence-corrected chi connectivity index (χ0v) is 17.3. The maximum atomic E-state index is 5.86. The first-order valence-corrected chi connectivity index (χ1v) is 11.9.